The number of nitrogens with one attached hydrogen (secondary N) is 1. The predicted octanol–water partition coefficient (Wildman–Crippen LogP) is 4.00. The molecule has 0 radical (unpaired) electrons. The van der Waals surface area contributed by atoms with Gasteiger partial charge in [-0.15, -0.1) is 0 Å². The second kappa shape index (κ2) is 8.24. The lowest BCUT2D eigenvalue weighted by Gasteiger charge is -2.20. The molecule has 0 spiro atoms. The van der Waals surface area contributed by atoms with Crippen molar-refractivity contribution in [2.75, 3.05) is 23.3 Å². The van der Waals surface area contributed by atoms with Crippen LogP contribution in [0.3, 0.4) is 0 Å². The fourth-order valence-electron chi connectivity index (χ4n) is 2.63. The number of nitrogens with zero attached hydrogens (tertiary/aromatic N) is 4. The van der Waals surface area contributed by atoms with Crippen LogP contribution in [-0.4, -0.2) is 28.0 Å². The summed E-state index contributed by atoms with van der Waals surface area (Å²) in [7, 11) is 0. The molecule has 128 valence electrons. The first-order chi connectivity index (χ1) is 12.3. The number of benzene rings is 1. The van der Waals surface area contributed by atoms with Gasteiger partial charge in [0.25, 0.3) is 0 Å². The minimum Gasteiger partial charge on any atom is -0.366 e. The maximum Gasteiger partial charge on any atom is 0.227 e. The maximum atomic E-state index is 4.76. The highest BCUT2D eigenvalue weighted by Crippen LogP contribution is 2.23. The molecular weight excluding hydrogens is 310 g/mol. The predicted molar refractivity (Wildman–Crippen MR) is 103 cm³/mol. The molecule has 0 unspecified atom stereocenters. The van der Waals surface area contributed by atoms with Gasteiger partial charge in [0.05, 0.1) is 5.69 Å². The average Bonchev–Trinajstić information content (AvgIpc) is 2.69. The summed E-state index contributed by atoms with van der Waals surface area (Å²) in [6.07, 6.45) is 3.64. The van der Waals surface area contributed by atoms with E-state index in [0.29, 0.717) is 6.54 Å². The molecule has 0 bridgehead atoms. The summed E-state index contributed by atoms with van der Waals surface area (Å²) in [4.78, 5) is 15.8. The van der Waals surface area contributed by atoms with Crippen molar-refractivity contribution in [1.29, 1.82) is 0 Å². The van der Waals surface area contributed by atoms with E-state index >= 15 is 0 Å². The van der Waals surface area contributed by atoms with E-state index in [9.17, 15) is 0 Å². The van der Waals surface area contributed by atoms with E-state index in [2.05, 4.69) is 41.2 Å². The standard InChI is InChI=1S/C20H23N5/c1-3-25(4-2)20-23-18(17-10-6-5-7-11-17)13-19(24-20)22-15-16-9-8-12-21-14-16/h5-14H,3-4,15H2,1-2H3,(H,22,23,24). The van der Waals surface area contributed by atoms with Gasteiger partial charge in [0.15, 0.2) is 0 Å². The molecular formula is C20H23N5. The zero-order valence-corrected chi connectivity index (χ0v) is 14.7. The van der Waals surface area contributed by atoms with Crippen molar-refractivity contribution in [3.8, 4) is 11.3 Å². The van der Waals surface area contributed by atoms with Gasteiger partial charge in [0.1, 0.15) is 5.82 Å². The zero-order valence-electron chi connectivity index (χ0n) is 14.7. The quantitative estimate of drug-likeness (QED) is 0.708. The highest BCUT2D eigenvalue weighted by Gasteiger charge is 2.11. The third kappa shape index (κ3) is 4.32. The van der Waals surface area contributed by atoms with Crippen molar-refractivity contribution in [3.63, 3.8) is 0 Å². The van der Waals surface area contributed by atoms with Crippen molar-refractivity contribution in [1.82, 2.24) is 15.0 Å². The molecule has 3 rings (SSSR count). The van der Waals surface area contributed by atoms with E-state index in [-0.39, 0.29) is 0 Å². The maximum absolute atomic E-state index is 4.76. The molecule has 0 saturated carbocycles. The summed E-state index contributed by atoms with van der Waals surface area (Å²) in [5, 5.41) is 3.40. The Morgan fingerprint density at radius 2 is 1.76 bits per heavy atom. The summed E-state index contributed by atoms with van der Waals surface area (Å²) >= 11 is 0. The molecule has 0 fully saturated rings. The molecule has 0 amide bonds. The number of hydrogen-bond donors (Lipinski definition) is 1. The molecule has 0 aliphatic carbocycles. The molecule has 0 aliphatic heterocycles. The summed E-state index contributed by atoms with van der Waals surface area (Å²) in [5.74, 6) is 1.57. The first-order valence-corrected chi connectivity index (χ1v) is 8.62. The van der Waals surface area contributed by atoms with Gasteiger partial charge in [-0.1, -0.05) is 36.4 Å². The second-order valence-electron chi connectivity index (χ2n) is 5.69. The summed E-state index contributed by atoms with van der Waals surface area (Å²) in [5.41, 5.74) is 3.13. The lowest BCUT2D eigenvalue weighted by atomic mass is 10.1. The van der Waals surface area contributed by atoms with Gasteiger partial charge in [-0.05, 0) is 25.5 Å². The van der Waals surface area contributed by atoms with Gasteiger partial charge in [-0.25, -0.2) is 4.98 Å². The van der Waals surface area contributed by atoms with Gasteiger partial charge in [-0.3, -0.25) is 4.98 Å². The van der Waals surface area contributed by atoms with E-state index in [1.165, 1.54) is 0 Å². The smallest absolute Gasteiger partial charge is 0.227 e. The molecule has 0 aliphatic rings. The Morgan fingerprint density at radius 1 is 0.960 bits per heavy atom. The third-order valence-corrected chi connectivity index (χ3v) is 4.03. The van der Waals surface area contributed by atoms with Crippen LogP contribution in [0.2, 0.25) is 0 Å². The Balaban J connectivity index is 1.92. The van der Waals surface area contributed by atoms with Crippen LogP contribution in [-0.2, 0) is 6.54 Å². The molecule has 2 heterocycles. The van der Waals surface area contributed by atoms with Crippen LogP contribution < -0.4 is 10.2 Å². The molecule has 2 aromatic heterocycles. The summed E-state index contributed by atoms with van der Waals surface area (Å²) in [6.45, 7) is 6.65. The van der Waals surface area contributed by atoms with Crippen LogP contribution >= 0.6 is 0 Å². The highest BCUT2D eigenvalue weighted by molar-refractivity contribution is 5.64. The van der Waals surface area contributed by atoms with Crippen LogP contribution in [0.4, 0.5) is 11.8 Å². The van der Waals surface area contributed by atoms with Gasteiger partial charge in [-0.2, -0.15) is 4.98 Å². The Labute approximate surface area is 148 Å². The van der Waals surface area contributed by atoms with Crippen LogP contribution in [0.5, 0.6) is 0 Å². The molecule has 0 atom stereocenters. The second-order valence-corrected chi connectivity index (χ2v) is 5.69. The number of rotatable bonds is 7. The van der Waals surface area contributed by atoms with Gasteiger partial charge >= 0.3 is 0 Å². The minimum atomic E-state index is 0.677. The van der Waals surface area contributed by atoms with E-state index in [4.69, 9.17) is 9.97 Å². The first-order valence-electron chi connectivity index (χ1n) is 8.62. The SMILES string of the molecule is CCN(CC)c1nc(NCc2cccnc2)cc(-c2ccccc2)n1. The number of hydrogen-bond acceptors (Lipinski definition) is 5. The van der Waals surface area contributed by atoms with Crippen LogP contribution in [0, 0.1) is 0 Å². The van der Waals surface area contributed by atoms with Crippen molar-refractivity contribution >= 4 is 11.8 Å². The monoisotopic (exact) mass is 333 g/mol. The van der Waals surface area contributed by atoms with Crippen molar-refractivity contribution < 1.29 is 0 Å². The topological polar surface area (TPSA) is 53.9 Å². The lowest BCUT2D eigenvalue weighted by Crippen LogP contribution is -2.24. The van der Waals surface area contributed by atoms with Gasteiger partial charge in [0, 0.05) is 43.7 Å². The molecule has 1 aromatic carbocycles. The van der Waals surface area contributed by atoms with Crippen molar-refractivity contribution in [2.24, 2.45) is 0 Å². The highest BCUT2D eigenvalue weighted by atomic mass is 15.3. The van der Waals surface area contributed by atoms with Crippen molar-refractivity contribution in [2.45, 2.75) is 20.4 Å². The molecule has 3 aromatic rings. The molecule has 25 heavy (non-hydrogen) atoms. The molecule has 1 N–H and O–H groups in total. The third-order valence-electron chi connectivity index (χ3n) is 4.03. The number of aromatic nitrogens is 3. The van der Waals surface area contributed by atoms with Crippen LogP contribution in [0.25, 0.3) is 11.3 Å². The summed E-state index contributed by atoms with van der Waals surface area (Å²) < 4.78 is 0. The van der Waals surface area contributed by atoms with Crippen LogP contribution in [0.1, 0.15) is 19.4 Å². The number of pyridine rings is 1. The largest absolute Gasteiger partial charge is 0.366 e. The number of anilines is 2. The average molecular weight is 333 g/mol. The Morgan fingerprint density at radius 3 is 2.44 bits per heavy atom. The normalized spacial score (nSPS) is 10.5. The van der Waals surface area contributed by atoms with E-state index in [0.717, 1.165) is 41.7 Å². The minimum absolute atomic E-state index is 0.677. The van der Waals surface area contributed by atoms with Crippen LogP contribution in [0.15, 0.2) is 60.9 Å². The summed E-state index contributed by atoms with van der Waals surface area (Å²) in [6, 6.07) is 16.2. The fourth-order valence-corrected chi connectivity index (χ4v) is 2.63. The Hall–Kier alpha value is -2.95. The fraction of sp³-hybridized carbons (Fsp3) is 0.250. The zero-order chi connectivity index (χ0) is 17.5. The Bertz CT molecular complexity index is 786. The lowest BCUT2D eigenvalue weighted by molar-refractivity contribution is 0.822. The van der Waals surface area contributed by atoms with Crippen molar-refractivity contribution in [3.05, 3.63) is 66.5 Å². The van der Waals surface area contributed by atoms with E-state index < -0.39 is 0 Å². The van der Waals surface area contributed by atoms with E-state index in [1.807, 2.05) is 42.6 Å². The van der Waals surface area contributed by atoms with E-state index in [1.54, 1.807) is 6.20 Å². The molecule has 5 nitrogen and oxygen atoms in total. The molecule has 0 saturated heterocycles. The molecule has 5 heteroatoms. The van der Waals surface area contributed by atoms with Gasteiger partial charge < -0.3 is 10.2 Å². The van der Waals surface area contributed by atoms with Gasteiger partial charge in [0.2, 0.25) is 5.95 Å². The first kappa shape index (κ1) is 16.9. The Kier molecular flexibility index (Phi) is 5.57.